The molecule has 1 nitrogen and oxygen atoms in total. The first-order valence-electron chi connectivity index (χ1n) is 5.41. The van der Waals surface area contributed by atoms with E-state index in [0.717, 1.165) is 16.6 Å². The largest absolute Gasteiger partial charge is 0.295 e. The molecule has 1 aliphatic rings. The molecule has 0 N–H and O–H groups in total. The highest BCUT2D eigenvalue weighted by Crippen LogP contribution is 2.36. The summed E-state index contributed by atoms with van der Waals surface area (Å²) in [6.45, 7) is 4.34. The zero-order chi connectivity index (χ0) is 11.8. The van der Waals surface area contributed by atoms with Crippen LogP contribution in [0.15, 0.2) is 27.6 Å². The number of hydrogen-bond donors (Lipinski definition) is 0. The average Bonchev–Trinajstić information content (AvgIpc) is 2.46. The molecule has 0 unspecified atom stereocenters. The van der Waals surface area contributed by atoms with Crippen LogP contribution in [0.1, 0.15) is 31.6 Å². The second kappa shape index (κ2) is 4.46. The fourth-order valence-corrected chi connectivity index (χ4v) is 3.80. The zero-order valence-electron chi connectivity index (χ0n) is 9.55. The van der Waals surface area contributed by atoms with Gasteiger partial charge >= 0.3 is 0 Å². The standard InChI is InChI=1S/C13H15BrOS/c1-13(2)7-9(5-10(15)8-13)6-11-3-4-12(14)16-11/h3-5H,6-8H2,1-2H3. The second-order valence-electron chi connectivity index (χ2n) is 5.17. The molecule has 0 bridgehead atoms. The van der Waals surface area contributed by atoms with Gasteiger partial charge in [0.25, 0.3) is 0 Å². The minimum Gasteiger partial charge on any atom is -0.295 e. The van der Waals surface area contributed by atoms with E-state index in [1.165, 1.54) is 10.5 Å². The molecule has 2 rings (SSSR count). The first kappa shape index (κ1) is 12.1. The molecule has 0 aromatic carbocycles. The molecular formula is C13H15BrOS. The van der Waals surface area contributed by atoms with Crippen molar-refractivity contribution in [1.82, 2.24) is 0 Å². The van der Waals surface area contributed by atoms with Gasteiger partial charge in [0.05, 0.1) is 3.79 Å². The molecule has 1 heterocycles. The molecular weight excluding hydrogens is 284 g/mol. The molecule has 86 valence electrons. The van der Waals surface area contributed by atoms with Crippen molar-refractivity contribution in [2.45, 2.75) is 33.1 Å². The van der Waals surface area contributed by atoms with Crippen LogP contribution in [0.25, 0.3) is 0 Å². The number of ketones is 1. The van der Waals surface area contributed by atoms with Crippen molar-refractivity contribution >= 4 is 33.0 Å². The van der Waals surface area contributed by atoms with Crippen LogP contribution in [0.2, 0.25) is 0 Å². The predicted molar refractivity (Wildman–Crippen MR) is 71.8 cm³/mol. The van der Waals surface area contributed by atoms with Crippen LogP contribution >= 0.6 is 27.3 Å². The van der Waals surface area contributed by atoms with Gasteiger partial charge in [0.15, 0.2) is 5.78 Å². The number of halogens is 1. The van der Waals surface area contributed by atoms with E-state index in [0.29, 0.717) is 6.42 Å². The van der Waals surface area contributed by atoms with E-state index in [9.17, 15) is 4.79 Å². The summed E-state index contributed by atoms with van der Waals surface area (Å²) in [7, 11) is 0. The van der Waals surface area contributed by atoms with Crippen LogP contribution in [0.4, 0.5) is 0 Å². The molecule has 0 atom stereocenters. The van der Waals surface area contributed by atoms with E-state index in [-0.39, 0.29) is 11.2 Å². The third kappa shape index (κ3) is 3.05. The maximum atomic E-state index is 11.6. The van der Waals surface area contributed by atoms with Crippen LogP contribution < -0.4 is 0 Å². The minimum atomic E-state index is 0.135. The maximum Gasteiger partial charge on any atom is 0.156 e. The van der Waals surface area contributed by atoms with E-state index in [2.05, 4.69) is 41.9 Å². The van der Waals surface area contributed by atoms with Gasteiger partial charge in [-0.2, -0.15) is 0 Å². The first-order chi connectivity index (χ1) is 7.44. The lowest BCUT2D eigenvalue weighted by Crippen LogP contribution is -2.22. The van der Waals surface area contributed by atoms with Crippen LogP contribution in [-0.2, 0) is 11.2 Å². The van der Waals surface area contributed by atoms with Crippen molar-refractivity contribution in [2.24, 2.45) is 5.41 Å². The Balaban J connectivity index is 2.13. The van der Waals surface area contributed by atoms with Crippen LogP contribution in [0, 0.1) is 5.41 Å². The summed E-state index contributed by atoms with van der Waals surface area (Å²) in [4.78, 5) is 12.9. The first-order valence-corrected chi connectivity index (χ1v) is 7.02. The Morgan fingerprint density at radius 2 is 2.12 bits per heavy atom. The van der Waals surface area contributed by atoms with Crippen LogP contribution in [0.3, 0.4) is 0 Å². The number of hydrogen-bond acceptors (Lipinski definition) is 2. The van der Waals surface area contributed by atoms with Gasteiger partial charge < -0.3 is 0 Å². The van der Waals surface area contributed by atoms with Gasteiger partial charge in [-0.1, -0.05) is 19.4 Å². The third-order valence-corrected chi connectivity index (χ3v) is 4.38. The van der Waals surface area contributed by atoms with Crippen molar-refractivity contribution < 1.29 is 4.79 Å². The summed E-state index contributed by atoms with van der Waals surface area (Å²) in [6, 6.07) is 4.19. The molecule has 0 radical (unpaired) electrons. The monoisotopic (exact) mass is 298 g/mol. The van der Waals surface area contributed by atoms with E-state index >= 15 is 0 Å². The van der Waals surface area contributed by atoms with Crippen molar-refractivity contribution in [2.75, 3.05) is 0 Å². The predicted octanol–water partition coefficient (Wildman–Crippen LogP) is 4.37. The molecule has 0 spiro atoms. The molecule has 0 saturated carbocycles. The second-order valence-corrected chi connectivity index (χ2v) is 7.72. The molecule has 1 aromatic rings. The van der Waals surface area contributed by atoms with E-state index in [4.69, 9.17) is 0 Å². The lowest BCUT2D eigenvalue weighted by atomic mass is 9.76. The molecule has 0 saturated heterocycles. The fraction of sp³-hybridized carbons (Fsp3) is 0.462. The minimum absolute atomic E-state index is 0.135. The Bertz CT molecular complexity index is 443. The van der Waals surface area contributed by atoms with Gasteiger partial charge in [-0.25, -0.2) is 0 Å². The van der Waals surface area contributed by atoms with Crippen molar-refractivity contribution in [1.29, 1.82) is 0 Å². The van der Waals surface area contributed by atoms with Gasteiger partial charge in [-0.15, -0.1) is 11.3 Å². The normalized spacial score (nSPS) is 19.7. The Morgan fingerprint density at radius 3 is 2.69 bits per heavy atom. The number of carbonyl (C=O) groups is 1. The Morgan fingerprint density at radius 1 is 1.38 bits per heavy atom. The topological polar surface area (TPSA) is 17.1 Å². The number of rotatable bonds is 2. The molecule has 1 aliphatic carbocycles. The van der Waals surface area contributed by atoms with E-state index < -0.39 is 0 Å². The maximum absolute atomic E-state index is 11.6. The summed E-state index contributed by atoms with van der Waals surface area (Å²) >= 11 is 5.21. The third-order valence-electron chi connectivity index (χ3n) is 2.75. The summed E-state index contributed by atoms with van der Waals surface area (Å²) in [6.07, 6.45) is 4.49. The van der Waals surface area contributed by atoms with Crippen molar-refractivity contribution in [3.63, 3.8) is 0 Å². The summed E-state index contributed by atoms with van der Waals surface area (Å²) in [5, 5.41) is 0. The SMILES string of the molecule is CC1(C)CC(=O)C=C(Cc2ccc(Br)s2)C1. The fourth-order valence-electron chi connectivity index (χ4n) is 2.26. The van der Waals surface area contributed by atoms with Crippen LogP contribution in [-0.4, -0.2) is 5.78 Å². The average molecular weight is 299 g/mol. The lowest BCUT2D eigenvalue weighted by molar-refractivity contribution is -0.117. The number of carbonyl (C=O) groups excluding carboxylic acids is 1. The molecule has 0 aliphatic heterocycles. The molecule has 16 heavy (non-hydrogen) atoms. The lowest BCUT2D eigenvalue weighted by Gasteiger charge is -2.28. The summed E-state index contributed by atoms with van der Waals surface area (Å²) in [5.41, 5.74) is 1.41. The number of allylic oxidation sites excluding steroid dienone is 2. The Kier molecular flexibility index (Phi) is 3.36. The van der Waals surface area contributed by atoms with Crippen molar-refractivity contribution in [3.8, 4) is 0 Å². The Labute approximate surface area is 109 Å². The molecule has 0 amide bonds. The summed E-state index contributed by atoms with van der Waals surface area (Å²) < 4.78 is 1.16. The quantitative estimate of drug-likeness (QED) is 0.792. The van der Waals surface area contributed by atoms with Gasteiger partial charge in [-0.05, 0) is 46.0 Å². The van der Waals surface area contributed by atoms with Gasteiger partial charge in [0.1, 0.15) is 0 Å². The highest BCUT2D eigenvalue weighted by atomic mass is 79.9. The zero-order valence-corrected chi connectivity index (χ0v) is 12.0. The molecule has 3 heteroatoms. The molecule has 1 aromatic heterocycles. The van der Waals surface area contributed by atoms with Crippen molar-refractivity contribution in [3.05, 3.63) is 32.4 Å². The van der Waals surface area contributed by atoms with Gasteiger partial charge in [0, 0.05) is 17.7 Å². The Hall–Kier alpha value is -0.410. The van der Waals surface area contributed by atoms with Gasteiger partial charge in [-0.3, -0.25) is 4.79 Å². The van der Waals surface area contributed by atoms with E-state index in [1.54, 1.807) is 11.3 Å². The smallest absolute Gasteiger partial charge is 0.156 e. The van der Waals surface area contributed by atoms with E-state index in [1.807, 2.05) is 6.08 Å². The van der Waals surface area contributed by atoms with Gasteiger partial charge in [0.2, 0.25) is 0 Å². The van der Waals surface area contributed by atoms with Crippen LogP contribution in [0.5, 0.6) is 0 Å². The molecule has 0 fully saturated rings. The highest BCUT2D eigenvalue weighted by Gasteiger charge is 2.27. The number of thiophene rings is 1. The highest BCUT2D eigenvalue weighted by molar-refractivity contribution is 9.11. The summed E-state index contributed by atoms with van der Waals surface area (Å²) in [5.74, 6) is 0.280.